The lowest BCUT2D eigenvalue weighted by Gasteiger charge is -2.07. The summed E-state index contributed by atoms with van der Waals surface area (Å²) < 4.78 is 0. The van der Waals surface area contributed by atoms with Gasteiger partial charge in [-0.1, -0.05) is 0 Å². The van der Waals surface area contributed by atoms with Crippen molar-refractivity contribution >= 4 is 11.6 Å². The SMILES string of the molecule is CNc1cnccc1C(=O)NC1CC1. The molecule has 0 aromatic carbocycles. The Labute approximate surface area is 82.7 Å². The fraction of sp³-hybridized carbons (Fsp3) is 0.400. The van der Waals surface area contributed by atoms with Gasteiger partial charge in [0.2, 0.25) is 0 Å². The summed E-state index contributed by atoms with van der Waals surface area (Å²) >= 11 is 0. The molecule has 0 bridgehead atoms. The molecule has 4 heteroatoms. The van der Waals surface area contributed by atoms with Gasteiger partial charge in [0.05, 0.1) is 17.4 Å². The standard InChI is InChI=1S/C10H13N3O/c1-11-9-6-12-5-4-8(9)10(14)13-7-2-3-7/h4-7,11H,2-3H2,1H3,(H,13,14). The van der Waals surface area contributed by atoms with E-state index in [0.717, 1.165) is 18.5 Å². The van der Waals surface area contributed by atoms with Gasteiger partial charge in [0.15, 0.2) is 0 Å². The summed E-state index contributed by atoms with van der Waals surface area (Å²) in [5, 5.41) is 5.88. The summed E-state index contributed by atoms with van der Waals surface area (Å²) in [6.45, 7) is 0. The molecule has 14 heavy (non-hydrogen) atoms. The molecule has 0 spiro atoms. The zero-order chi connectivity index (χ0) is 9.97. The van der Waals surface area contributed by atoms with E-state index in [2.05, 4.69) is 15.6 Å². The van der Waals surface area contributed by atoms with E-state index in [1.54, 1.807) is 25.5 Å². The van der Waals surface area contributed by atoms with Crippen LogP contribution in [0.25, 0.3) is 0 Å². The minimum Gasteiger partial charge on any atom is -0.386 e. The highest BCUT2D eigenvalue weighted by atomic mass is 16.1. The highest BCUT2D eigenvalue weighted by Crippen LogP contribution is 2.20. The van der Waals surface area contributed by atoms with Gasteiger partial charge in [-0.15, -0.1) is 0 Å². The Hall–Kier alpha value is -1.58. The summed E-state index contributed by atoms with van der Waals surface area (Å²) in [6.07, 6.45) is 5.49. The van der Waals surface area contributed by atoms with Crippen LogP contribution in [-0.4, -0.2) is 24.0 Å². The molecule has 2 rings (SSSR count). The predicted molar refractivity (Wildman–Crippen MR) is 54.3 cm³/mol. The average molecular weight is 191 g/mol. The summed E-state index contributed by atoms with van der Waals surface area (Å²) in [5.74, 6) is -0.0146. The van der Waals surface area contributed by atoms with E-state index < -0.39 is 0 Å². The molecule has 1 amide bonds. The van der Waals surface area contributed by atoms with Crippen molar-refractivity contribution in [1.29, 1.82) is 0 Å². The van der Waals surface area contributed by atoms with Gasteiger partial charge in [-0.25, -0.2) is 0 Å². The van der Waals surface area contributed by atoms with Gasteiger partial charge in [0, 0.05) is 19.3 Å². The van der Waals surface area contributed by atoms with Gasteiger partial charge < -0.3 is 10.6 Å². The fourth-order valence-corrected chi connectivity index (χ4v) is 1.28. The van der Waals surface area contributed by atoms with Crippen LogP contribution in [0.15, 0.2) is 18.5 Å². The number of rotatable bonds is 3. The highest BCUT2D eigenvalue weighted by Gasteiger charge is 2.24. The van der Waals surface area contributed by atoms with Gasteiger partial charge in [-0.2, -0.15) is 0 Å². The monoisotopic (exact) mass is 191 g/mol. The Morgan fingerprint density at radius 2 is 2.36 bits per heavy atom. The second kappa shape index (κ2) is 3.65. The molecule has 1 aromatic rings. The zero-order valence-corrected chi connectivity index (χ0v) is 8.08. The first-order chi connectivity index (χ1) is 6.81. The molecule has 1 saturated carbocycles. The topological polar surface area (TPSA) is 54.0 Å². The van der Waals surface area contributed by atoms with Crippen LogP contribution in [0.5, 0.6) is 0 Å². The minimum atomic E-state index is -0.0146. The predicted octanol–water partition coefficient (Wildman–Crippen LogP) is 1.02. The fourth-order valence-electron chi connectivity index (χ4n) is 1.28. The zero-order valence-electron chi connectivity index (χ0n) is 8.08. The maximum Gasteiger partial charge on any atom is 0.253 e. The lowest BCUT2D eigenvalue weighted by molar-refractivity contribution is 0.0952. The molecule has 0 radical (unpaired) electrons. The maximum absolute atomic E-state index is 11.7. The average Bonchev–Trinajstić information content (AvgIpc) is 3.01. The van der Waals surface area contributed by atoms with Crippen LogP contribution < -0.4 is 10.6 Å². The number of hydrogen-bond acceptors (Lipinski definition) is 3. The number of nitrogens with zero attached hydrogens (tertiary/aromatic N) is 1. The Kier molecular flexibility index (Phi) is 2.35. The van der Waals surface area contributed by atoms with Gasteiger partial charge in [0.25, 0.3) is 5.91 Å². The van der Waals surface area contributed by atoms with Crippen LogP contribution in [-0.2, 0) is 0 Å². The number of amides is 1. The molecule has 1 aliphatic rings. The largest absolute Gasteiger partial charge is 0.386 e. The van der Waals surface area contributed by atoms with E-state index in [1.165, 1.54) is 0 Å². The van der Waals surface area contributed by atoms with Crippen LogP contribution in [0.2, 0.25) is 0 Å². The number of anilines is 1. The molecule has 1 aromatic heterocycles. The molecule has 0 atom stereocenters. The molecule has 74 valence electrons. The summed E-state index contributed by atoms with van der Waals surface area (Å²) in [4.78, 5) is 15.6. The highest BCUT2D eigenvalue weighted by molar-refractivity contribution is 5.99. The van der Waals surface area contributed by atoms with Crippen molar-refractivity contribution in [2.75, 3.05) is 12.4 Å². The molecule has 0 aliphatic heterocycles. The van der Waals surface area contributed by atoms with E-state index >= 15 is 0 Å². The van der Waals surface area contributed by atoms with Crippen LogP contribution in [0.3, 0.4) is 0 Å². The summed E-state index contributed by atoms with van der Waals surface area (Å²) in [6, 6.07) is 2.11. The van der Waals surface area contributed by atoms with Gasteiger partial charge in [-0.3, -0.25) is 9.78 Å². The first-order valence-electron chi connectivity index (χ1n) is 4.74. The Balaban J connectivity index is 2.16. The number of carbonyl (C=O) groups excluding carboxylic acids is 1. The second-order valence-electron chi connectivity index (χ2n) is 3.42. The number of aromatic nitrogens is 1. The normalized spacial score (nSPS) is 14.9. The first-order valence-corrected chi connectivity index (χ1v) is 4.74. The van der Waals surface area contributed by atoms with Crippen LogP contribution >= 0.6 is 0 Å². The van der Waals surface area contributed by atoms with Crippen molar-refractivity contribution in [2.45, 2.75) is 18.9 Å². The molecule has 1 aliphatic carbocycles. The summed E-state index contributed by atoms with van der Waals surface area (Å²) in [5.41, 5.74) is 1.43. The molecule has 1 fully saturated rings. The Morgan fingerprint density at radius 1 is 1.57 bits per heavy atom. The molecule has 4 nitrogen and oxygen atoms in total. The van der Waals surface area contributed by atoms with Gasteiger partial charge in [0.1, 0.15) is 0 Å². The lowest BCUT2D eigenvalue weighted by atomic mass is 10.2. The maximum atomic E-state index is 11.7. The molecular formula is C10H13N3O. The van der Waals surface area contributed by atoms with Crippen LogP contribution in [0, 0.1) is 0 Å². The summed E-state index contributed by atoms with van der Waals surface area (Å²) in [7, 11) is 1.78. The van der Waals surface area contributed by atoms with E-state index in [9.17, 15) is 4.79 Å². The first kappa shape index (κ1) is 8.99. The third-order valence-electron chi connectivity index (χ3n) is 2.25. The van der Waals surface area contributed by atoms with E-state index in [0.29, 0.717) is 11.6 Å². The van der Waals surface area contributed by atoms with Crippen LogP contribution in [0.1, 0.15) is 23.2 Å². The molecule has 0 saturated heterocycles. The van der Waals surface area contributed by atoms with Crippen molar-refractivity contribution in [3.05, 3.63) is 24.0 Å². The lowest BCUT2D eigenvalue weighted by Crippen LogP contribution is -2.26. The van der Waals surface area contributed by atoms with Crippen molar-refractivity contribution in [1.82, 2.24) is 10.3 Å². The Bertz CT molecular complexity index is 347. The van der Waals surface area contributed by atoms with E-state index in [1.807, 2.05) is 0 Å². The van der Waals surface area contributed by atoms with Gasteiger partial charge >= 0.3 is 0 Å². The molecule has 2 N–H and O–H groups in total. The van der Waals surface area contributed by atoms with Crippen LogP contribution in [0.4, 0.5) is 5.69 Å². The number of pyridine rings is 1. The molecule has 1 heterocycles. The smallest absolute Gasteiger partial charge is 0.253 e. The number of hydrogen-bond donors (Lipinski definition) is 2. The number of carbonyl (C=O) groups is 1. The minimum absolute atomic E-state index is 0.0146. The quantitative estimate of drug-likeness (QED) is 0.749. The van der Waals surface area contributed by atoms with E-state index in [-0.39, 0.29) is 5.91 Å². The second-order valence-corrected chi connectivity index (χ2v) is 3.42. The molecular weight excluding hydrogens is 178 g/mol. The van der Waals surface area contributed by atoms with Gasteiger partial charge in [-0.05, 0) is 18.9 Å². The Morgan fingerprint density at radius 3 is 3.00 bits per heavy atom. The third-order valence-corrected chi connectivity index (χ3v) is 2.25. The van der Waals surface area contributed by atoms with Crippen molar-refractivity contribution in [3.8, 4) is 0 Å². The van der Waals surface area contributed by atoms with Crippen molar-refractivity contribution < 1.29 is 4.79 Å². The van der Waals surface area contributed by atoms with Crippen molar-refractivity contribution in [3.63, 3.8) is 0 Å². The van der Waals surface area contributed by atoms with Crippen molar-refractivity contribution in [2.24, 2.45) is 0 Å². The molecule has 0 unspecified atom stereocenters. The number of nitrogens with one attached hydrogen (secondary N) is 2. The van der Waals surface area contributed by atoms with E-state index in [4.69, 9.17) is 0 Å². The third kappa shape index (κ3) is 1.84.